The Morgan fingerprint density at radius 1 is 1.11 bits per heavy atom. The van der Waals surface area contributed by atoms with Crippen molar-refractivity contribution >= 4 is 23.0 Å². The fourth-order valence-corrected chi connectivity index (χ4v) is 5.63. The van der Waals surface area contributed by atoms with Crippen LogP contribution >= 0.6 is 0 Å². The molecule has 0 bridgehead atoms. The van der Waals surface area contributed by atoms with E-state index in [0.29, 0.717) is 41.6 Å². The largest absolute Gasteiger partial charge is 0.475 e. The number of imidazole rings is 1. The van der Waals surface area contributed by atoms with Gasteiger partial charge in [-0.3, -0.25) is 9.37 Å². The summed E-state index contributed by atoms with van der Waals surface area (Å²) in [6.45, 7) is 6.84. The normalized spacial score (nSPS) is 21.2. The number of carbonyl (C=O) groups is 1. The Morgan fingerprint density at radius 3 is 2.46 bits per heavy atom. The maximum Gasteiger partial charge on any atom is 0.374 e. The SMILES string of the molecule is CC(C)c1ccnc(-c2nc3nc(C(=O)O)nc(N[C@H](C)C4CCC4)c3n2CC2CCC(CF)CC2)c1. The van der Waals surface area contributed by atoms with E-state index in [2.05, 4.69) is 51.7 Å². The van der Waals surface area contributed by atoms with Crippen molar-refractivity contribution in [1.82, 2.24) is 24.5 Å². The zero-order valence-electron chi connectivity index (χ0n) is 22.0. The van der Waals surface area contributed by atoms with Crippen LogP contribution in [-0.4, -0.2) is 48.3 Å². The third-order valence-electron chi connectivity index (χ3n) is 8.32. The molecule has 1 atom stereocenters. The van der Waals surface area contributed by atoms with Crippen molar-refractivity contribution in [3.63, 3.8) is 0 Å². The van der Waals surface area contributed by atoms with Gasteiger partial charge in [-0.15, -0.1) is 0 Å². The van der Waals surface area contributed by atoms with E-state index in [1.54, 1.807) is 6.20 Å². The number of pyridine rings is 1. The lowest BCUT2D eigenvalue weighted by atomic mass is 9.80. The molecule has 8 nitrogen and oxygen atoms in total. The minimum Gasteiger partial charge on any atom is -0.475 e. The fraction of sp³-hybridized carbons (Fsp3) is 0.607. The minimum absolute atomic E-state index is 0.154. The van der Waals surface area contributed by atoms with Gasteiger partial charge < -0.3 is 15.0 Å². The van der Waals surface area contributed by atoms with Gasteiger partial charge in [0.25, 0.3) is 0 Å². The molecule has 2 aliphatic carbocycles. The summed E-state index contributed by atoms with van der Waals surface area (Å²) in [5.74, 6) is 1.12. The van der Waals surface area contributed by atoms with Gasteiger partial charge in [0.15, 0.2) is 17.3 Å². The number of halogens is 1. The highest BCUT2D eigenvalue weighted by Gasteiger charge is 2.29. The van der Waals surface area contributed by atoms with Gasteiger partial charge in [0.05, 0.1) is 6.67 Å². The average Bonchev–Trinajstić information content (AvgIpc) is 3.22. The molecule has 2 aliphatic rings. The maximum atomic E-state index is 13.3. The Balaban J connectivity index is 1.63. The van der Waals surface area contributed by atoms with E-state index in [4.69, 9.17) is 4.98 Å². The van der Waals surface area contributed by atoms with Crippen LogP contribution in [0, 0.1) is 17.8 Å². The summed E-state index contributed by atoms with van der Waals surface area (Å²) in [5, 5.41) is 13.3. The smallest absolute Gasteiger partial charge is 0.374 e. The Labute approximate surface area is 217 Å². The van der Waals surface area contributed by atoms with E-state index in [9.17, 15) is 14.3 Å². The van der Waals surface area contributed by atoms with Crippen LogP contribution in [0.4, 0.5) is 10.2 Å². The zero-order valence-corrected chi connectivity index (χ0v) is 22.0. The first-order valence-corrected chi connectivity index (χ1v) is 13.6. The quantitative estimate of drug-likeness (QED) is 0.360. The van der Waals surface area contributed by atoms with E-state index in [1.165, 1.54) is 6.42 Å². The molecule has 0 radical (unpaired) electrons. The van der Waals surface area contributed by atoms with Gasteiger partial charge in [0.2, 0.25) is 5.82 Å². The first kappa shape index (κ1) is 25.5. The summed E-state index contributed by atoms with van der Waals surface area (Å²) in [4.78, 5) is 30.2. The predicted molar refractivity (Wildman–Crippen MR) is 141 cm³/mol. The summed E-state index contributed by atoms with van der Waals surface area (Å²) >= 11 is 0. The third-order valence-corrected chi connectivity index (χ3v) is 8.32. The highest BCUT2D eigenvalue weighted by atomic mass is 19.1. The number of fused-ring (bicyclic) bond motifs is 1. The van der Waals surface area contributed by atoms with Gasteiger partial charge in [-0.05, 0) is 86.8 Å². The molecular formula is C28H37FN6O2. The minimum atomic E-state index is -1.18. The second-order valence-corrected chi connectivity index (χ2v) is 11.2. The molecule has 2 N–H and O–H groups in total. The summed E-state index contributed by atoms with van der Waals surface area (Å²) < 4.78 is 15.4. The number of carboxylic acids is 1. The van der Waals surface area contributed by atoms with Crippen molar-refractivity contribution in [3.8, 4) is 11.5 Å². The van der Waals surface area contributed by atoms with Crippen molar-refractivity contribution in [2.24, 2.45) is 17.8 Å². The van der Waals surface area contributed by atoms with Crippen LogP contribution in [0.25, 0.3) is 22.7 Å². The third kappa shape index (κ3) is 5.31. The standard InChI is InChI=1S/C28H37FN6O2/c1-16(2)21-11-12-30-22(13-21)27-34-25-23(35(27)15-19-9-7-18(14-29)8-10-19)24(32-26(33-25)28(36)37)31-17(3)20-5-4-6-20/h11-13,16-20H,4-10,14-15H2,1-3H3,(H,36,37)(H,31,32,33)/t17-,18?,19?/m1/s1. The van der Waals surface area contributed by atoms with Crippen molar-refractivity contribution in [2.45, 2.75) is 84.2 Å². The number of nitrogens with one attached hydrogen (secondary N) is 1. The van der Waals surface area contributed by atoms with Crippen molar-refractivity contribution in [2.75, 3.05) is 12.0 Å². The molecule has 0 amide bonds. The number of rotatable bonds is 9. The number of aromatic nitrogens is 5. The lowest BCUT2D eigenvalue weighted by Crippen LogP contribution is -2.31. The van der Waals surface area contributed by atoms with E-state index >= 15 is 0 Å². The molecule has 3 aromatic rings. The molecule has 37 heavy (non-hydrogen) atoms. The molecule has 2 fully saturated rings. The van der Waals surface area contributed by atoms with Crippen LogP contribution in [0.2, 0.25) is 0 Å². The summed E-state index contributed by atoms with van der Waals surface area (Å²) in [7, 11) is 0. The summed E-state index contributed by atoms with van der Waals surface area (Å²) in [6.07, 6.45) is 8.99. The molecule has 0 spiro atoms. The molecule has 0 aliphatic heterocycles. The first-order chi connectivity index (χ1) is 17.8. The summed E-state index contributed by atoms with van der Waals surface area (Å²) in [6, 6.07) is 4.22. The number of hydrogen-bond acceptors (Lipinski definition) is 6. The van der Waals surface area contributed by atoms with Gasteiger partial charge in [0.1, 0.15) is 11.2 Å². The van der Waals surface area contributed by atoms with Crippen LogP contribution in [0.3, 0.4) is 0 Å². The second kappa shape index (κ2) is 10.7. The Hall–Kier alpha value is -3.10. The number of alkyl halides is 1. The lowest BCUT2D eigenvalue weighted by molar-refractivity contribution is 0.0684. The molecule has 198 valence electrons. The highest BCUT2D eigenvalue weighted by Crippen LogP contribution is 2.36. The van der Waals surface area contributed by atoms with Crippen molar-refractivity contribution < 1.29 is 14.3 Å². The van der Waals surface area contributed by atoms with Crippen LogP contribution in [0.15, 0.2) is 18.3 Å². The second-order valence-electron chi connectivity index (χ2n) is 11.2. The number of aromatic carboxylic acids is 1. The molecule has 9 heteroatoms. The Morgan fingerprint density at radius 2 is 1.84 bits per heavy atom. The van der Waals surface area contributed by atoms with Crippen LogP contribution < -0.4 is 5.32 Å². The van der Waals surface area contributed by atoms with Crippen LogP contribution in [0.5, 0.6) is 0 Å². The van der Waals surface area contributed by atoms with Crippen LogP contribution in [-0.2, 0) is 6.54 Å². The molecule has 5 rings (SSSR count). The van der Waals surface area contributed by atoms with Gasteiger partial charge >= 0.3 is 5.97 Å². The maximum absolute atomic E-state index is 13.3. The lowest BCUT2D eigenvalue weighted by Gasteiger charge is -2.32. The van der Waals surface area contributed by atoms with Crippen LogP contribution in [0.1, 0.15) is 87.8 Å². The molecule has 3 aromatic heterocycles. The topological polar surface area (TPSA) is 106 Å². The van der Waals surface area contributed by atoms with Gasteiger partial charge in [-0.2, -0.15) is 0 Å². The number of anilines is 1. The first-order valence-electron chi connectivity index (χ1n) is 13.6. The number of hydrogen-bond donors (Lipinski definition) is 2. The van der Waals surface area contributed by atoms with E-state index in [-0.39, 0.29) is 24.5 Å². The number of nitrogens with zero attached hydrogens (tertiary/aromatic N) is 5. The monoisotopic (exact) mass is 508 g/mol. The molecule has 0 aromatic carbocycles. The fourth-order valence-electron chi connectivity index (χ4n) is 5.63. The molecule has 0 saturated heterocycles. The molecule has 3 heterocycles. The molecular weight excluding hydrogens is 471 g/mol. The number of carboxylic acid groups (broad SMARTS) is 1. The predicted octanol–water partition coefficient (Wildman–Crippen LogP) is 6.09. The highest BCUT2D eigenvalue weighted by molar-refractivity contribution is 5.92. The van der Waals surface area contributed by atoms with Crippen molar-refractivity contribution in [1.29, 1.82) is 0 Å². The molecule has 2 saturated carbocycles. The van der Waals surface area contributed by atoms with E-state index < -0.39 is 5.97 Å². The van der Waals surface area contributed by atoms with Crippen molar-refractivity contribution in [3.05, 3.63) is 29.7 Å². The van der Waals surface area contributed by atoms with E-state index in [1.807, 2.05) is 6.07 Å². The van der Waals surface area contributed by atoms with Gasteiger partial charge in [-0.1, -0.05) is 20.3 Å². The Kier molecular flexibility index (Phi) is 7.40. The van der Waals surface area contributed by atoms with E-state index in [0.717, 1.165) is 55.3 Å². The summed E-state index contributed by atoms with van der Waals surface area (Å²) in [5.41, 5.74) is 2.97. The van der Waals surface area contributed by atoms with Gasteiger partial charge in [0, 0.05) is 18.8 Å². The Bertz CT molecular complexity index is 1260. The molecule has 0 unspecified atom stereocenters. The average molecular weight is 509 g/mol. The van der Waals surface area contributed by atoms with Gasteiger partial charge in [-0.25, -0.2) is 19.7 Å². The zero-order chi connectivity index (χ0) is 26.1.